The highest BCUT2D eigenvalue weighted by Crippen LogP contribution is 2.46. The zero-order chi connectivity index (χ0) is 13.4. The highest BCUT2D eigenvalue weighted by Gasteiger charge is 2.58. The van der Waals surface area contributed by atoms with Crippen LogP contribution in [0, 0.1) is 5.92 Å². The summed E-state index contributed by atoms with van der Waals surface area (Å²) < 4.78 is 73.6. The lowest BCUT2D eigenvalue weighted by atomic mass is 9.98. The summed E-state index contributed by atoms with van der Waals surface area (Å²) in [5.41, 5.74) is -1.15. The quantitative estimate of drug-likeness (QED) is 0.767. The lowest BCUT2D eigenvalue weighted by Gasteiger charge is -2.22. The lowest BCUT2D eigenvalue weighted by molar-refractivity contribution is -0.197. The van der Waals surface area contributed by atoms with Crippen LogP contribution in [0.3, 0.4) is 0 Å². The zero-order valence-electron chi connectivity index (χ0n) is 7.83. The first-order chi connectivity index (χ1) is 7.53. The van der Waals surface area contributed by atoms with Gasteiger partial charge >= 0.3 is 12.4 Å². The van der Waals surface area contributed by atoms with E-state index in [1.807, 2.05) is 0 Å². The van der Waals surface area contributed by atoms with Crippen LogP contribution in [0.15, 0.2) is 18.2 Å². The average Bonchev–Trinajstić information content (AvgIpc) is 2.06. The molecule has 17 heavy (non-hydrogen) atoms. The molecule has 0 amide bonds. The van der Waals surface area contributed by atoms with Crippen molar-refractivity contribution in [3.8, 4) is 5.75 Å². The molecule has 0 aromatic heterocycles. The van der Waals surface area contributed by atoms with Crippen molar-refractivity contribution in [2.75, 3.05) is 0 Å². The van der Waals surface area contributed by atoms with Crippen molar-refractivity contribution < 1.29 is 31.4 Å². The predicted molar refractivity (Wildman–Crippen MR) is 47.6 cm³/mol. The third-order valence-electron chi connectivity index (χ3n) is 1.80. The lowest BCUT2D eigenvalue weighted by Crippen LogP contribution is -2.35. The second kappa shape index (κ2) is 4.29. The second-order valence-corrected chi connectivity index (χ2v) is 3.44. The topological polar surface area (TPSA) is 20.2 Å². The minimum atomic E-state index is -5.56. The van der Waals surface area contributed by atoms with E-state index in [0.29, 0.717) is 18.2 Å². The number of aromatic hydroxyl groups is 1. The summed E-state index contributed by atoms with van der Waals surface area (Å²) in [6, 6.07) is 1.57. The molecule has 0 aliphatic rings. The Morgan fingerprint density at radius 1 is 1.00 bits per heavy atom. The number of alkyl halides is 6. The van der Waals surface area contributed by atoms with Gasteiger partial charge in [0.2, 0.25) is 5.92 Å². The summed E-state index contributed by atoms with van der Waals surface area (Å²) in [7, 11) is 0. The number of hydrogen-bond acceptors (Lipinski definition) is 1. The number of phenolic OH excluding ortho intramolecular Hbond substituents is 1. The molecule has 0 fully saturated rings. The van der Waals surface area contributed by atoms with Crippen LogP contribution in [0.4, 0.5) is 26.3 Å². The molecule has 1 rings (SSSR count). The Hall–Kier alpha value is -1.11. The van der Waals surface area contributed by atoms with Gasteiger partial charge in [-0.25, -0.2) is 0 Å². The first kappa shape index (κ1) is 14.0. The van der Waals surface area contributed by atoms with Crippen LogP contribution >= 0.6 is 11.6 Å². The summed E-state index contributed by atoms with van der Waals surface area (Å²) in [6.07, 6.45) is -11.1. The normalized spacial score (nSPS) is 13.2. The smallest absolute Gasteiger partial charge is 0.408 e. The third-order valence-corrected chi connectivity index (χ3v) is 2.11. The molecular weight excluding hydrogens is 274 g/mol. The summed E-state index contributed by atoms with van der Waals surface area (Å²) >= 11 is 5.26. The van der Waals surface area contributed by atoms with Gasteiger partial charge in [0.1, 0.15) is 5.75 Å². The van der Waals surface area contributed by atoms with E-state index >= 15 is 0 Å². The maximum Gasteiger partial charge on any atom is 0.408 e. The van der Waals surface area contributed by atoms with Gasteiger partial charge in [-0.1, -0.05) is 17.7 Å². The van der Waals surface area contributed by atoms with Gasteiger partial charge in [0, 0.05) is 0 Å². The van der Waals surface area contributed by atoms with Crippen LogP contribution < -0.4 is 0 Å². The predicted octanol–water partition coefficient (Wildman–Crippen LogP) is 4.09. The molecule has 1 aromatic rings. The first-order valence-electron chi connectivity index (χ1n) is 4.03. The Labute approximate surface area is 96.6 Å². The molecule has 1 aromatic carbocycles. The molecule has 0 aliphatic carbocycles. The van der Waals surface area contributed by atoms with Gasteiger partial charge in [-0.3, -0.25) is 0 Å². The molecule has 0 spiro atoms. The molecule has 1 nitrogen and oxygen atoms in total. The van der Waals surface area contributed by atoms with Crippen LogP contribution in [-0.2, 0) is 0 Å². The molecule has 95 valence electrons. The Bertz CT molecular complexity index is 397. The van der Waals surface area contributed by atoms with Gasteiger partial charge in [0.25, 0.3) is 0 Å². The first-order valence-corrected chi connectivity index (χ1v) is 4.41. The van der Waals surface area contributed by atoms with Gasteiger partial charge in [-0.2, -0.15) is 26.3 Å². The SMILES string of the molecule is Oc1ccc([C](C(F)(F)F)C(F)(F)F)cc1Cl. The minimum absolute atomic E-state index is 0.410. The molecule has 0 saturated carbocycles. The molecule has 0 heterocycles. The van der Waals surface area contributed by atoms with E-state index < -0.39 is 34.6 Å². The summed E-state index contributed by atoms with van der Waals surface area (Å²) in [6.45, 7) is 0. The van der Waals surface area contributed by atoms with E-state index in [2.05, 4.69) is 0 Å². The van der Waals surface area contributed by atoms with E-state index in [0.717, 1.165) is 0 Å². The highest BCUT2D eigenvalue weighted by atomic mass is 35.5. The largest absolute Gasteiger partial charge is 0.506 e. The molecular formula is C9H4ClF6O. The van der Waals surface area contributed by atoms with Crippen LogP contribution in [0.1, 0.15) is 5.56 Å². The molecule has 1 N–H and O–H groups in total. The van der Waals surface area contributed by atoms with Crippen molar-refractivity contribution in [3.63, 3.8) is 0 Å². The number of halogens is 7. The van der Waals surface area contributed by atoms with Gasteiger partial charge in [-0.15, -0.1) is 0 Å². The van der Waals surface area contributed by atoms with Gasteiger partial charge in [-0.05, 0) is 17.7 Å². The third kappa shape index (κ3) is 3.18. The van der Waals surface area contributed by atoms with Crippen molar-refractivity contribution in [1.29, 1.82) is 0 Å². The summed E-state index contributed by atoms with van der Waals surface area (Å²) in [5, 5.41) is 8.34. The van der Waals surface area contributed by atoms with Gasteiger partial charge < -0.3 is 5.11 Å². The van der Waals surface area contributed by atoms with E-state index in [9.17, 15) is 26.3 Å². The van der Waals surface area contributed by atoms with Crippen molar-refractivity contribution >= 4 is 11.6 Å². The number of benzene rings is 1. The van der Waals surface area contributed by atoms with Crippen molar-refractivity contribution in [3.05, 3.63) is 34.7 Å². The molecule has 1 radical (unpaired) electrons. The fourth-order valence-corrected chi connectivity index (χ4v) is 1.33. The van der Waals surface area contributed by atoms with E-state index in [-0.39, 0.29) is 0 Å². The molecule has 0 unspecified atom stereocenters. The van der Waals surface area contributed by atoms with E-state index in [4.69, 9.17) is 16.7 Å². The van der Waals surface area contributed by atoms with Crippen molar-refractivity contribution in [1.82, 2.24) is 0 Å². The fraction of sp³-hybridized carbons (Fsp3) is 0.222. The van der Waals surface area contributed by atoms with Gasteiger partial charge in [0.05, 0.1) is 5.02 Å². The van der Waals surface area contributed by atoms with Crippen molar-refractivity contribution in [2.45, 2.75) is 12.4 Å². The fourth-order valence-electron chi connectivity index (χ4n) is 1.15. The number of phenols is 1. The monoisotopic (exact) mass is 277 g/mol. The Morgan fingerprint density at radius 3 is 1.82 bits per heavy atom. The Morgan fingerprint density at radius 2 is 1.47 bits per heavy atom. The second-order valence-electron chi connectivity index (χ2n) is 3.04. The van der Waals surface area contributed by atoms with Crippen LogP contribution in [0.5, 0.6) is 5.75 Å². The van der Waals surface area contributed by atoms with Crippen LogP contribution in [0.2, 0.25) is 5.02 Å². The molecule has 0 atom stereocenters. The maximum atomic E-state index is 12.3. The molecule has 8 heteroatoms. The molecule has 0 aliphatic heterocycles. The maximum absolute atomic E-state index is 12.3. The van der Waals surface area contributed by atoms with E-state index in [1.54, 1.807) is 0 Å². The minimum Gasteiger partial charge on any atom is -0.506 e. The van der Waals surface area contributed by atoms with Crippen molar-refractivity contribution in [2.24, 2.45) is 0 Å². The standard InChI is InChI=1S/C9H4ClF6O/c10-5-3-4(1-2-6(5)17)7(8(11,12)13)9(14,15)16/h1-3,17H. The number of hydrogen-bond donors (Lipinski definition) is 1. The molecule has 0 bridgehead atoms. The highest BCUT2D eigenvalue weighted by molar-refractivity contribution is 6.32. The van der Waals surface area contributed by atoms with Crippen LogP contribution in [-0.4, -0.2) is 17.5 Å². The Balaban J connectivity index is 3.29. The summed E-state index contributed by atoms with van der Waals surface area (Å²) in [5.74, 6) is -3.26. The van der Waals surface area contributed by atoms with Crippen LogP contribution in [0.25, 0.3) is 0 Å². The summed E-state index contributed by atoms with van der Waals surface area (Å²) in [4.78, 5) is 0. The van der Waals surface area contributed by atoms with E-state index in [1.165, 1.54) is 0 Å². The zero-order valence-corrected chi connectivity index (χ0v) is 8.58. The number of rotatable bonds is 1. The molecule has 0 saturated heterocycles. The van der Waals surface area contributed by atoms with Gasteiger partial charge in [0.15, 0.2) is 0 Å². The average molecular weight is 278 g/mol. The Kier molecular flexibility index (Phi) is 3.52.